The second-order valence-corrected chi connectivity index (χ2v) is 5.84. The lowest BCUT2D eigenvalue weighted by Gasteiger charge is -2.26. The van der Waals surface area contributed by atoms with Crippen molar-refractivity contribution < 1.29 is 22.4 Å². The van der Waals surface area contributed by atoms with Gasteiger partial charge in [0.05, 0.1) is 18.7 Å². The van der Waals surface area contributed by atoms with E-state index in [1.165, 1.54) is 17.0 Å². The number of alkyl halides is 3. The van der Waals surface area contributed by atoms with Crippen LogP contribution in [-0.2, 0) is 19.3 Å². The first kappa shape index (κ1) is 15.9. The van der Waals surface area contributed by atoms with Crippen LogP contribution in [0.15, 0.2) is 22.7 Å². The normalized spacial score (nSPS) is 14.7. The number of carbonyl (C=O) groups is 1. The Hall–Kier alpha value is -1.97. The summed E-state index contributed by atoms with van der Waals surface area (Å²) >= 11 is 3.15. The van der Waals surface area contributed by atoms with Crippen molar-refractivity contribution >= 4 is 21.8 Å². The zero-order chi connectivity index (χ0) is 16.8. The number of halogens is 5. The van der Waals surface area contributed by atoms with Gasteiger partial charge in [-0.05, 0) is 18.2 Å². The fourth-order valence-electron chi connectivity index (χ4n) is 2.26. The molecule has 10 heteroatoms. The third-order valence-corrected chi connectivity index (χ3v) is 3.86. The van der Waals surface area contributed by atoms with Gasteiger partial charge in [0.1, 0.15) is 11.6 Å². The number of hydrogen-bond donors (Lipinski definition) is 0. The molecule has 0 saturated carbocycles. The van der Waals surface area contributed by atoms with Crippen LogP contribution >= 0.6 is 15.9 Å². The van der Waals surface area contributed by atoms with E-state index < -0.39 is 23.7 Å². The Morgan fingerprint density at radius 1 is 1.26 bits per heavy atom. The maximum atomic E-state index is 13.8. The molecule has 0 fully saturated rings. The van der Waals surface area contributed by atoms with Crippen molar-refractivity contribution in [3.63, 3.8) is 0 Å². The average molecular weight is 393 g/mol. The number of nitrogens with zero attached hydrogens (tertiary/aromatic N) is 4. The summed E-state index contributed by atoms with van der Waals surface area (Å²) in [5.41, 5.74) is -0.150. The van der Waals surface area contributed by atoms with Crippen LogP contribution < -0.4 is 0 Å². The molecule has 0 atom stereocenters. The van der Waals surface area contributed by atoms with Gasteiger partial charge in [0, 0.05) is 11.0 Å². The molecule has 0 aliphatic carbocycles. The summed E-state index contributed by atoms with van der Waals surface area (Å²) < 4.78 is 53.3. The Labute approximate surface area is 136 Å². The molecule has 0 bridgehead atoms. The molecule has 0 unspecified atom stereocenters. The highest BCUT2D eigenvalue weighted by Gasteiger charge is 2.38. The lowest BCUT2D eigenvalue weighted by Crippen LogP contribution is -2.39. The van der Waals surface area contributed by atoms with E-state index in [1.807, 2.05) is 0 Å². The van der Waals surface area contributed by atoms with Gasteiger partial charge in [-0.1, -0.05) is 15.9 Å². The number of benzene rings is 1. The van der Waals surface area contributed by atoms with E-state index >= 15 is 0 Å². The molecule has 2 heterocycles. The van der Waals surface area contributed by atoms with Gasteiger partial charge in [0.15, 0.2) is 0 Å². The van der Waals surface area contributed by atoms with Gasteiger partial charge in [-0.15, -0.1) is 5.10 Å². The first-order valence-electron chi connectivity index (χ1n) is 6.51. The van der Waals surface area contributed by atoms with Crippen LogP contribution in [0.4, 0.5) is 17.6 Å². The molecule has 1 amide bonds. The Balaban J connectivity index is 1.85. The molecule has 2 aromatic rings. The quantitative estimate of drug-likeness (QED) is 0.701. The van der Waals surface area contributed by atoms with Crippen molar-refractivity contribution in [1.82, 2.24) is 19.7 Å². The Bertz CT molecular complexity index is 774. The number of amides is 1. The first-order chi connectivity index (χ1) is 10.8. The maximum Gasteiger partial charge on any atom is 0.453 e. The van der Waals surface area contributed by atoms with Gasteiger partial charge >= 0.3 is 6.18 Å². The fraction of sp³-hybridized carbons (Fsp3) is 0.308. The summed E-state index contributed by atoms with van der Waals surface area (Å²) in [4.78, 5) is 17.0. The molecular formula is C13H9BrF4N4O. The highest BCUT2D eigenvalue weighted by molar-refractivity contribution is 9.10. The van der Waals surface area contributed by atoms with Crippen molar-refractivity contribution in [3.05, 3.63) is 45.7 Å². The van der Waals surface area contributed by atoms with Crippen LogP contribution in [-0.4, -0.2) is 32.1 Å². The molecule has 0 radical (unpaired) electrons. The van der Waals surface area contributed by atoms with E-state index in [2.05, 4.69) is 26.0 Å². The summed E-state index contributed by atoms with van der Waals surface area (Å²) in [7, 11) is 0. The molecule has 1 aromatic carbocycles. The van der Waals surface area contributed by atoms with Crippen molar-refractivity contribution in [2.75, 3.05) is 6.54 Å². The molecule has 0 saturated heterocycles. The molecule has 122 valence electrons. The molecular weight excluding hydrogens is 384 g/mol. The molecule has 0 spiro atoms. The molecule has 1 aliphatic rings. The highest BCUT2D eigenvalue weighted by Crippen LogP contribution is 2.27. The van der Waals surface area contributed by atoms with E-state index in [0.717, 1.165) is 10.7 Å². The maximum absolute atomic E-state index is 13.8. The number of rotatable bonds is 1. The number of aromatic nitrogens is 3. The van der Waals surface area contributed by atoms with Crippen molar-refractivity contribution in [2.24, 2.45) is 0 Å². The molecule has 23 heavy (non-hydrogen) atoms. The zero-order valence-corrected chi connectivity index (χ0v) is 13.0. The smallest absolute Gasteiger partial charge is 0.329 e. The number of hydrogen-bond acceptors (Lipinski definition) is 3. The van der Waals surface area contributed by atoms with Crippen molar-refractivity contribution in [3.8, 4) is 0 Å². The summed E-state index contributed by atoms with van der Waals surface area (Å²) in [5, 5.41) is 3.38. The van der Waals surface area contributed by atoms with E-state index in [-0.39, 0.29) is 31.0 Å². The van der Waals surface area contributed by atoms with Gasteiger partial charge < -0.3 is 4.90 Å². The Kier molecular flexibility index (Phi) is 3.86. The third kappa shape index (κ3) is 3.07. The predicted molar refractivity (Wildman–Crippen MR) is 73.9 cm³/mol. The minimum Gasteiger partial charge on any atom is -0.329 e. The standard InChI is InChI=1S/C13H9BrF4N4O/c14-7-1-2-9(15)8(5-7)11(23)21-3-4-22-10(6-21)19-12(20-22)13(16,17)18/h1-2,5H,3-4,6H2. The number of fused-ring (bicyclic) bond motifs is 1. The topological polar surface area (TPSA) is 51.0 Å². The van der Waals surface area contributed by atoms with Gasteiger partial charge in [-0.3, -0.25) is 4.79 Å². The monoisotopic (exact) mass is 392 g/mol. The first-order valence-corrected chi connectivity index (χ1v) is 7.30. The predicted octanol–water partition coefficient (Wildman–Crippen LogP) is 2.85. The average Bonchev–Trinajstić information content (AvgIpc) is 2.92. The van der Waals surface area contributed by atoms with Crippen molar-refractivity contribution in [2.45, 2.75) is 19.3 Å². The second kappa shape index (κ2) is 5.59. The lowest BCUT2D eigenvalue weighted by atomic mass is 10.1. The second-order valence-electron chi connectivity index (χ2n) is 4.92. The minimum absolute atomic E-state index is 0.0207. The van der Waals surface area contributed by atoms with Crippen LogP contribution in [0.2, 0.25) is 0 Å². The lowest BCUT2D eigenvalue weighted by molar-refractivity contribution is -0.145. The van der Waals surface area contributed by atoms with Crippen molar-refractivity contribution in [1.29, 1.82) is 0 Å². The Morgan fingerprint density at radius 2 is 2.00 bits per heavy atom. The summed E-state index contributed by atoms with van der Waals surface area (Å²) in [6.07, 6.45) is -4.64. The van der Waals surface area contributed by atoms with Gasteiger partial charge in [0.25, 0.3) is 11.7 Å². The van der Waals surface area contributed by atoms with Crippen LogP contribution in [0.5, 0.6) is 0 Å². The Morgan fingerprint density at radius 3 is 2.70 bits per heavy atom. The van der Waals surface area contributed by atoms with Gasteiger partial charge in [0.2, 0.25) is 0 Å². The van der Waals surface area contributed by atoms with Gasteiger partial charge in [-0.25, -0.2) is 14.1 Å². The van der Waals surface area contributed by atoms with E-state index in [9.17, 15) is 22.4 Å². The summed E-state index contributed by atoms with van der Waals surface area (Å²) in [6, 6.07) is 3.93. The van der Waals surface area contributed by atoms with E-state index in [0.29, 0.717) is 4.47 Å². The van der Waals surface area contributed by atoms with Gasteiger partial charge in [-0.2, -0.15) is 13.2 Å². The highest BCUT2D eigenvalue weighted by atomic mass is 79.9. The third-order valence-electron chi connectivity index (χ3n) is 3.36. The largest absolute Gasteiger partial charge is 0.453 e. The molecule has 3 rings (SSSR count). The van der Waals surface area contributed by atoms with Crippen LogP contribution in [0.25, 0.3) is 0 Å². The molecule has 0 N–H and O–H groups in total. The zero-order valence-electron chi connectivity index (χ0n) is 11.4. The van der Waals surface area contributed by atoms with Crippen LogP contribution in [0.1, 0.15) is 22.0 Å². The number of carbonyl (C=O) groups excluding carboxylic acids is 1. The minimum atomic E-state index is -4.64. The fourth-order valence-corrected chi connectivity index (χ4v) is 2.62. The van der Waals surface area contributed by atoms with Crippen LogP contribution in [0, 0.1) is 5.82 Å². The molecule has 1 aromatic heterocycles. The SMILES string of the molecule is O=C(c1cc(Br)ccc1F)N1CCn2nc(C(F)(F)F)nc2C1. The van der Waals surface area contributed by atoms with E-state index in [4.69, 9.17) is 0 Å². The van der Waals surface area contributed by atoms with Crippen LogP contribution in [0.3, 0.4) is 0 Å². The summed E-state index contributed by atoms with van der Waals surface area (Å²) in [5.74, 6) is -2.52. The molecule has 1 aliphatic heterocycles. The summed E-state index contributed by atoms with van der Waals surface area (Å²) in [6.45, 7) is 0.0338. The van der Waals surface area contributed by atoms with E-state index in [1.54, 1.807) is 0 Å². The molecule has 5 nitrogen and oxygen atoms in total.